The highest BCUT2D eigenvalue weighted by Gasteiger charge is 2.04. The molecule has 0 N–H and O–H groups in total. The van der Waals surface area contributed by atoms with E-state index in [0.717, 1.165) is 0 Å². The van der Waals surface area contributed by atoms with Gasteiger partial charge in [0.05, 0.1) is 0 Å². The van der Waals surface area contributed by atoms with Crippen LogP contribution in [0.15, 0.2) is 261 Å². The van der Waals surface area contributed by atoms with Crippen molar-refractivity contribution in [2.24, 2.45) is 0 Å². The zero-order valence-electron chi connectivity index (χ0n) is 51.3. The zero-order chi connectivity index (χ0) is 58.7. The Morgan fingerprint density at radius 1 is 0.160 bits per heavy atom. The molecular weight excluding hydrogens is 973 g/mol. The van der Waals surface area contributed by atoms with Crippen molar-refractivity contribution in [3.8, 4) is 0 Å². The van der Waals surface area contributed by atoms with Crippen LogP contribution in [0.5, 0.6) is 0 Å². The molecule has 412 valence electrons. The van der Waals surface area contributed by atoms with E-state index in [2.05, 4.69) is 295 Å². The molecule has 14 aromatic rings. The van der Waals surface area contributed by atoms with Gasteiger partial charge in [-0.1, -0.05) is 299 Å². The molecule has 0 aliphatic heterocycles. The van der Waals surface area contributed by atoms with Crippen molar-refractivity contribution < 1.29 is 0 Å². The Morgan fingerprint density at radius 2 is 0.395 bits per heavy atom. The van der Waals surface area contributed by atoms with Crippen LogP contribution < -0.4 is 0 Å². The van der Waals surface area contributed by atoms with E-state index in [4.69, 9.17) is 0 Å². The Hall–Kier alpha value is -8.58. The van der Waals surface area contributed by atoms with Crippen LogP contribution in [0, 0.1) is 34.6 Å². The lowest BCUT2D eigenvalue weighted by molar-refractivity contribution is 1.50. The largest absolute Gasteiger partial charge is 0.0683 e. The van der Waals surface area contributed by atoms with Crippen LogP contribution >= 0.6 is 0 Å². The van der Waals surface area contributed by atoms with Gasteiger partial charge in [0.15, 0.2) is 0 Å². The molecule has 14 rings (SSSR count). The van der Waals surface area contributed by atoms with Crippen LogP contribution in [-0.4, -0.2) is 0 Å². The Labute approximate surface area is 486 Å². The minimum absolute atomic E-state index is 1.31. The summed E-state index contributed by atoms with van der Waals surface area (Å²) < 4.78 is 0. The predicted octanol–water partition coefficient (Wildman–Crippen LogP) is 25.5. The maximum atomic E-state index is 2.28. The van der Waals surface area contributed by atoms with Crippen molar-refractivity contribution in [3.05, 3.63) is 289 Å². The molecule has 0 fully saturated rings. The fourth-order valence-electron chi connectivity index (χ4n) is 9.86. The molecule has 0 radical (unpaired) electrons. The summed E-state index contributed by atoms with van der Waals surface area (Å²) in [5, 5.41) is 23.9. The lowest BCUT2D eigenvalue weighted by Crippen LogP contribution is -1.81. The molecule has 0 saturated carbocycles. The third kappa shape index (κ3) is 16.7. The maximum absolute atomic E-state index is 2.28. The third-order valence-electron chi connectivity index (χ3n) is 13.7. The number of fused-ring (bicyclic) bond motifs is 9. The van der Waals surface area contributed by atoms with E-state index in [0.29, 0.717) is 0 Å². The molecule has 0 spiro atoms. The van der Waals surface area contributed by atoms with Crippen molar-refractivity contribution in [1.82, 2.24) is 0 Å². The van der Waals surface area contributed by atoms with Gasteiger partial charge in [-0.25, -0.2) is 0 Å². The van der Waals surface area contributed by atoms with Crippen LogP contribution in [0.3, 0.4) is 0 Å². The number of rotatable bonds is 0. The monoisotopic (exact) mass is 1060 g/mol. The van der Waals surface area contributed by atoms with Crippen molar-refractivity contribution in [2.75, 3.05) is 0 Å². The first-order valence-electron chi connectivity index (χ1n) is 29.7. The van der Waals surface area contributed by atoms with E-state index < -0.39 is 0 Å². The second-order valence-corrected chi connectivity index (χ2v) is 18.8. The van der Waals surface area contributed by atoms with Crippen LogP contribution in [0.1, 0.15) is 97.1 Å². The summed E-state index contributed by atoms with van der Waals surface area (Å²) in [6.07, 6.45) is 0. The smallest absolute Gasteiger partial charge is 0.0148 e. The van der Waals surface area contributed by atoms with Gasteiger partial charge in [0.1, 0.15) is 0 Å². The molecular formula is C81H88. The summed E-state index contributed by atoms with van der Waals surface area (Å²) in [6.45, 7) is 30.8. The molecule has 0 heteroatoms. The second-order valence-electron chi connectivity index (χ2n) is 18.8. The number of aryl methyl sites for hydroxylation is 5. The fraction of sp³-hybridized carbons (Fsp3) is 0.185. The van der Waals surface area contributed by atoms with E-state index in [-0.39, 0.29) is 0 Å². The van der Waals surface area contributed by atoms with E-state index in [9.17, 15) is 0 Å². The van der Waals surface area contributed by atoms with Gasteiger partial charge in [0.2, 0.25) is 0 Å². The molecule has 0 aliphatic rings. The molecule has 0 heterocycles. The summed E-state index contributed by atoms with van der Waals surface area (Å²) in [4.78, 5) is 0. The van der Waals surface area contributed by atoms with Crippen molar-refractivity contribution in [1.29, 1.82) is 0 Å². The van der Waals surface area contributed by atoms with Gasteiger partial charge < -0.3 is 0 Å². The second kappa shape index (κ2) is 33.1. The summed E-state index contributed by atoms with van der Waals surface area (Å²) in [5.41, 5.74) is 6.71. The quantitative estimate of drug-likeness (QED) is 0.133. The Kier molecular flexibility index (Phi) is 25.9. The number of hydrogen-bond donors (Lipinski definition) is 0. The van der Waals surface area contributed by atoms with Crippen LogP contribution in [0.25, 0.3) is 97.0 Å². The number of hydrogen-bond acceptors (Lipinski definition) is 0. The summed E-state index contributed by atoms with van der Waals surface area (Å²) in [5.74, 6) is 0. The molecule has 0 atom stereocenters. The molecule has 0 aliphatic carbocycles. The highest BCUT2D eigenvalue weighted by atomic mass is 14.1. The molecule has 0 aromatic heterocycles. The highest BCUT2D eigenvalue weighted by molar-refractivity contribution is 6.03. The topological polar surface area (TPSA) is 0 Å². The first-order valence-corrected chi connectivity index (χ1v) is 29.7. The van der Waals surface area contributed by atoms with Crippen molar-refractivity contribution in [3.63, 3.8) is 0 Å². The maximum Gasteiger partial charge on any atom is -0.0148 e. The van der Waals surface area contributed by atoms with Crippen molar-refractivity contribution in [2.45, 2.75) is 104 Å². The first kappa shape index (κ1) is 63.3. The normalized spacial score (nSPS) is 9.91. The molecule has 0 bridgehead atoms. The SMILES string of the molecule is CC.CC.CC.CC.CC.Cc1c2ccccc2cc2ccccc12.Cc1ccc2cc3ccccc3cc2c1.Cc1ccc2ccccc2c1.Cc1cccc2cc3ccccc3cc12.Cc1cccc2cc3ccccc3cc12. The Bertz CT molecular complexity index is 3950. The molecule has 81 heavy (non-hydrogen) atoms. The minimum Gasteiger partial charge on any atom is -0.0683 e. The third-order valence-corrected chi connectivity index (χ3v) is 13.7. The van der Waals surface area contributed by atoms with Gasteiger partial charge in [-0.15, -0.1) is 0 Å². The average Bonchev–Trinajstić information content (AvgIpc) is 3.55. The zero-order valence-corrected chi connectivity index (χ0v) is 51.3. The fourth-order valence-corrected chi connectivity index (χ4v) is 9.86. The summed E-state index contributed by atoms with van der Waals surface area (Å²) >= 11 is 0. The van der Waals surface area contributed by atoms with Crippen LogP contribution in [-0.2, 0) is 0 Å². The molecule has 14 aromatic carbocycles. The van der Waals surface area contributed by atoms with Gasteiger partial charge in [-0.05, 0) is 191 Å². The minimum atomic E-state index is 1.31. The number of benzene rings is 14. The van der Waals surface area contributed by atoms with Gasteiger partial charge in [-0.3, -0.25) is 0 Å². The summed E-state index contributed by atoms with van der Waals surface area (Å²) in [7, 11) is 0. The average molecular weight is 1060 g/mol. The summed E-state index contributed by atoms with van der Waals surface area (Å²) in [6, 6.07) is 92.9. The van der Waals surface area contributed by atoms with Gasteiger partial charge in [0, 0.05) is 0 Å². The van der Waals surface area contributed by atoms with Gasteiger partial charge >= 0.3 is 0 Å². The molecule has 0 saturated heterocycles. The standard InChI is InChI=1S/4C15H12.C11H10.5C2H6/c1-11-14-8-4-2-6-12(14)10-13-7-3-5-9-15(11)13;2*1-11-5-4-8-14-9-12-6-2-3-7-13(12)10-15(11)14;1-11-6-7-14-9-12-4-2-3-5-13(12)10-15(14)8-11;1-9-6-7-10-4-2-3-5-11(10)8-9;5*1-2/h4*2-10H,1H3;2-8H,1H3;5*1-2H3. The first-order chi connectivity index (χ1) is 39.7. The predicted molar refractivity (Wildman–Crippen MR) is 370 cm³/mol. The van der Waals surface area contributed by atoms with E-state index in [1.807, 2.05) is 69.2 Å². The Balaban J connectivity index is 0.000000179. The van der Waals surface area contributed by atoms with E-state index in [1.165, 1.54) is 125 Å². The van der Waals surface area contributed by atoms with E-state index in [1.54, 1.807) is 0 Å². The van der Waals surface area contributed by atoms with E-state index >= 15 is 0 Å². The highest BCUT2D eigenvalue weighted by Crippen LogP contribution is 2.29. The van der Waals surface area contributed by atoms with Crippen LogP contribution in [0.4, 0.5) is 0 Å². The van der Waals surface area contributed by atoms with Gasteiger partial charge in [0.25, 0.3) is 0 Å². The van der Waals surface area contributed by atoms with Crippen LogP contribution in [0.2, 0.25) is 0 Å². The Morgan fingerprint density at radius 3 is 0.790 bits per heavy atom. The molecule has 0 amide bonds. The van der Waals surface area contributed by atoms with Gasteiger partial charge in [-0.2, -0.15) is 0 Å². The van der Waals surface area contributed by atoms with Crippen molar-refractivity contribution >= 4 is 97.0 Å². The lowest BCUT2D eigenvalue weighted by atomic mass is 9.98. The molecule has 0 nitrogen and oxygen atoms in total. The lowest BCUT2D eigenvalue weighted by Gasteiger charge is -2.06. The molecule has 0 unspecified atom stereocenters.